The van der Waals surface area contributed by atoms with Gasteiger partial charge in [0.05, 0.1) is 25.4 Å². The van der Waals surface area contributed by atoms with E-state index in [2.05, 4.69) is 34.9 Å². The molecule has 6 heteroatoms. The third kappa shape index (κ3) is 6.06. The Bertz CT molecular complexity index is 1050. The average Bonchev–Trinajstić information content (AvgIpc) is 2.78. The summed E-state index contributed by atoms with van der Waals surface area (Å²) in [7, 11) is 1.57. The molecule has 2 atom stereocenters. The fourth-order valence-corrected chi connectivity index (χ4v) is 3.56. The predicted octanol–water partition coefficient (Wildman–Crippen LogP) is 2.57. The molecule has 3 aromatic carbocycles. The Morgan fingerprint density at radius 2 is 1.61 bits per heavy atom. The highest BCUT2D eigenvalue weighted by atomic mass is 16.5. The van der Waals surface area contributed by atoms with Gasteiger partial charge in [-0.05, 0) is 48.4 Å². The second-order valence-corrected chi connectivity index (χ2v) is 7.60. The van der Waals surface area contributed by atoms with Crippen LogP contribution in [0.2, 0.25) is 0 Å². The number of ether oxygens (including phenoxy) is 1. The van der Waals surface area contributed by atoms with Gasteiger partial charge in [0.1, 0.15) is 5.75 Å². The number of anilines is 1. The Morgan fingerprint density at radius 1 is 0.935 bits per heavy atom. The second-order valence-electron chi connectivity index (χ2n) is 7.60. The van der Waals surface area contributed by atoms with Gasteiger partial charge in [0.15, 0.2) is 13.1 Å². The first-order valence-electron chi connectivity index (χ1n) is 10.5. The van der Waals surface area contributed by atoms with E-state index in [1.165, 1.54) is 5.39 Å². The lowest BCUT2D eigenvalue weighted by Crippen LogP contribution is -3.14. The monoisotopic (exact) mass is 420 g/mol. The highest BCUT2D eigenvalue weighted by Gasteiger charge is 2.19. The summed E-state index contributed by atoms with van der Waals surface area (Å²) < 4.78 is 5.27. The molecule has 3 N–H and O–H groups in total. The summed E-state index contributed by atoms with van der Waals surface area (Å²) in [6.07, 6.45) is 0. The van der Waals surface area contributed by atoms with E-state index in [1.807, 2.05) is 44.2 Å². The maximum atomic E-state index is 12.6. The lowest BCUT2D eigenvalue weighted by Gasteiger charge is -2.20. The number of methoxy groups -OCH3 is 1. The third-order valence-electron chi connectivity index (χ3n) is 5.35. The van der Waals surface area contributed by atoms with Crippen molar-refractivity contribution in [3.63, 3.8) is 0 Å². The average molecular weight is 421 g/mol. The highest BCUT2D eigenvalue weighted by Crippen LogP contribution is 2.22. The van der Waals surface area contributed by atoms with Crippen LogP contribution in [0.4, 0.5) is 5.69 Å². The van der Waals surface area contributed by atoms with Crippen molar-refractivity contribution in [2.75, 3.05) is 32.1 Å². The number of carbonyl (C=O) groups is 2. The summed E-state index contributed by atoms with van der Waals surface area (Å²) in [6, 6.07) is 21.5. The van der Waals surface area contributed by atoms with Crippen LogP contribution in [-0.4, -0.2) is 38.6 Å². The molecule has 0 spiro atoms. The first kappa shape index (κ1) is 22.3. The van der Waals surface area contributed by atoms with Crippen molar-refractivity contribution in [1.29, 1.82) is 0 Å². The van der Waals surface area contributed by atoms with Gasteiger partial charge in [-0.3, -0.25) is 9.59 Å². The lowest BCUT2D eigenvalue weighted by atomic mass is 10.0. The van der Waals surface area contributed by atoms with Crippen LogP contribution < -0.4 is 20.3 Å². The van der Waals surface area contributed by atoms with E-state index in [0.717, 1.165) is 15.8 Å². The van der Waals surface area contributed by atoms with Crippen LogP contribution in [0.1, 0.15) is 25.5 Å². The van der Waals surface area contributed by atoms with E-state index < -0.39 is 0 Å². The molecule has 0 fully saturated rings. The number of carbonyl (C=O) groups excluding carboxylic acids is 2. The van der Waals surface area contributed by atoms with Gasteiger partial charge in [-0.1, -0.05) is 48.5 Å². The third-order valence-corrected chi connectivity index (χ3v) is 5.35. The number of rotatable bonds is 9. The number of hydrogen-bond acceptors (Lipinski definition) is 3. The fourth-order valence-electron chi connectivity index (χ4n) is 3.56. The normalized spacial score (nSPS) is 12.7. The molecule has 6 nitrogen and oxygen atoms in total. The minimum atomic E-state index is -0.156. The number of quaternary nitrogens is 1. The molecule has 0 saturated carbocycles. The van der Waals surface area contributed by atoms with Crippen molar-refractivity contribution < 1.29 is 19.2 Å². The Balaban J connectivity index is 1.55. The minimum Gasteiger partial charge on any atom is -0.495 e. The zero-order chi connectivity index (χ0) is 22.2. The van der Waals surface area contributed by atoms with Crippen molar-refractivity contribution in [1.82, 2.24) is 5.32 Å². The summed E-state index contributed by atoms with van der Waals surface area (Å²) in [6.45, 7) is 5.03. The van der Waals surface area contributed by atoms with Crippen molar-refractivity contribution in [3.8, 4) is 5.75 Å². The van der Waals surface area contributed by atoms with Gasteiger partial charge in [0.25, 0.3) is 11.8 Å². The SMILES string of the molecule is CC[NH+](CC(=O)Nc1ccccc1OC)CC(=O)N[C@H](C)c1ccc2ccccc2c1. The Morgan fingerprint density at radius 3 is 2.35 bits per heavy atom. The van der Waals surface area contributed by atoms with Gasteiger partial charge in [-0.25, -0.2) is 0 Å². The van der Waals surface area contributed by atoms with Crippen LogP contribution in [0.3, 0.4) is 0 Å². The maximum Gasteiger partial charge on any atom is 0.279 e. The molecule has 2 amide bonds. The summed E-state index contributed by atoms with van der Waals surface area (Å²) in [5.41, 5.74) is 1.68. The maximum absolute atomic E-state index is 12.6. The molecule has 162 valence electrons. The summed E-state index contributed by atoms with van der Waals surface area (Å²) in [5, 5.41) is 8.24. The molecule has 0 aromatic heterocycles. The number of para-hydroxylation sites is 2. The molecule has 31 heavy (non-hydrogen) atoms. The topological polar surface area (TPSA) is 71.9 Å². The Hall–Kier alpha value is -3.38. The van der Waals surface area contributed by atoms with Gasteiger partial charge >= 0.3 is 0 Å². The zero-order valence-corrected chi connectivity index (χ0v) is 18.3. The predicted molar refractivity (Wildman–Crippen MR) is 123 cm³/mol. The second kappa shape index (κ2) is 10.6. The molecule has 0 aliphatic carbocycles. The molecule has 0 saturated heterocycles. The molecule has 1 unspecified atom stereocenters. The number of amides is 2. The van der Waals surface area contributed by atoms with Gasteiger partial charge in [-0.15, -0.1) is 0 Å². The van der Waals surface area contributed by atoms with Crippen LogP contribution in [0, 0.1) is 0 Å². The largest absolute Gasteiger partial charge is 0.495 e. The van der Waals surface area contributed by atoms with Crippen molar-refractivity contribution in [2.24, 2.45) is 0 Å². The fraction of sp³-hybridized carbons (Fsp3) is 0.280. The molecule has 0 aliphatic rings. The van der Waals surface area contributed by atoms with E-state index in [0.29, 0.717) is 18.0 Å². The van der Waals surface area contributed by atoms with Crippen molar-refractivity contribution in [2.45, 2.75) is 19.9 Å². The van der Waals surface area contributed by atoms with E-state index in [9.17, 15) is 9.59 Å². The van der Waals surface area contributed by atoms with Crippen LogP contribution in [0.15, 0.2) is 66.7 Å². The quantitative estimate of drug-likeness (QED) is 0.498. The number of hydrogen-bond donors (Lipinski definition) is 3. The molecular formula is C25H30N3O3+. The smallest absolute Gasteiger partial charge is 0.279 e. The Labute approximate surface area is 183 Å². The van der Waals surface area contributed by atoms with E-state index in [1.54, 1.807) is 19.2 Å². The molecular weight excluding hydrogens is 390 g/mol. The van der Waals surface area contributed by atoms with Crippen molar-refractivity contribution in [3.05, 3.63) is 72.3 Å². The highest BCUT2D eigenvalue weighted by molar-refractivity contribution is 5.93. The molecule has 3 aromatic rings. The number of nitrogens with one attached hydrogen (secondary N) is 3. The Kier molecular flexibility index (Phi) is 7.62. The van der Waals surface area contributed by atoms with Crippen LogP contribution in [0.25, 0.3) is 10.8 Å². The molecule has 0 heterocycles. The van der Waals surface area contributed by atoms with Gasteiger partial charge in [-0.2, -0.15) is 0 Å². The molecule has 0 bridgehead atoms. The zero-order valence-electron chi connectivity index (χ0n) is 18.3. The van der Waals surface area contributed by atoms with Gasteiger partial charge in [0, 0.05) is 0 Å². The standard InChI is InChI=1S/C25H29N3O3/c1-4-28(17-25(30)27-22-11-7-8-12-23(22)31-3)16-24(29)26-18(2)20-14-13-19-9-5-6-10-21(19)15-20/h5-15,18H,4,16-17H2,1-3H3,(H,26,29)(H,27,30)/p+1/t18-/m1/s1. The summed E-state index contributed by atoms with van der Waals surface area (Å²) in [5.74, 6) is 0.371. The molecule has 0 aliphatic heterocycles. The van der Waals surface area contributed by atoms with E-state index in [4.69, 9.17) is 4.74 Å². The lowest BCUT2D eigenvalue weighted by molar-refractivity contribution is -0.881. The molecule has 0 radical (unpaired) electrons. The first-order chi connectivity index (χ1) is 15.0. The minimum absolute atomic E-state index is 0.0809. The van der Waals surface area contributed by atoms with Gasteiger partial charge in [0.2, 0.25) is 0 Å². The first-order valence-corrected chi connectivity index (χ1v) is 10.5. The van der Waals surface area contributed by atoms with Gasteiger partial charge < -0.3 is 20.3 Å². The molecule has 3 rings (SSSR count). The van der Waals surface area contributed by atoms with Crippen LogP contribution >= 0.6 is 0 Å². The summed E-state index contributed by atoms with van der Waals surface area (Å²) in [4.78, 5) is 26.0. The van der Waals surface area contributed by atoms with E-state index in [-0.39, 0.29) is 30.9 Å². The van der Waals surface area contributed by atoms with Crippen LogP contribution in [-0.2, 0) is 9.59 Å². The summed E-state index contributed by atoms with van der Waals surface area (Å²) >= 11 is 0. The number of fused-ring (bicyclic) bond motifs is 1. The van der Waals surface area contributed by atoms with Crippen molar-refractivity contribution >= 4 is 28.3 Å². The van der Waals surface area contributed by atoms with E-state index >= 15 is 0 Å². The number of benzene rings is 3. The van der Waals surface area contributed by atoms with Crippen LogP contribution in [0.5, 0.6) is 5.75 Å². The number of likely N-dealkylation sites (N-methyl/N-ethyl adjacent to an activating group) is 1.